The van der Waals surface area contributed by atoms with E-state index < -0.39 is 0 Å². The fourth-order valence-electron chi connectivity index (χ4n) is 8.09. The average molecular weight is 347 g/mol. The Morgan fingerprint density at radius 1 is 0.960 bits per heavy atom. The van der Waals surface area contributed by atoms with Crippen LogP contribution in [-0.4, -0.2) is 18.4 Å². The van der Waals surface area contributed by atoms with Gasteiger partial charge in [-0.05, 0) is 99.2 Å². The largest absolute Gasteiger partial charge is 0.465 e. The average Bonchev–Trinajstić information content (AvgIpc) is 2.93. The van der Waals surface area contributed by atoms with Gasteiger partial charge in [-0.25, -0.2) is 0 Å². The number of hydrogen-bond acceptors (Lipinski definition) is 3. The number of fused-ring (bicyclic) bond motifs is 5. The molecule has 0 aliphatic heterocycles. The number of rotatable bonds is 3. The van der Waals surface area contributed by atoms with Gasteiger partial charge in [-0.2, -0.15) is 0 Å². The molecule has 0 N–H and O–H groups in total. The van der Waals surface area contributed by atoms with E-state index >= 15 is 0 Å². The summed E-state index contributed by atoms with van der Waals surface area (Å²) in [5.74, 6) is 3.82. The molecule has 4 fully saturated rings. The number of carbonyl (C=O) groups excluding carboxylic acids is 2. The van der Waals surface area contributed by atoms with Crippen LogP contribution in [0.1, 0.15) is 78.6 Å². The molecule has 0 aromatic rings. The van der Waals surface area contributed by atoms with Crippen LogP contribution in [0.25, 0.3) is 0 Å². The van der Waals surface area contributed by atoms with Crippen molar-refractivity contribution in [2.75, 3.05) is 0 Å². The monoisotopic (exact) mass is 346 g/mol. The summed E-state index contributed by atoms with van der Waals surface area (Å²) in [7, 11) is 0. The number of Topliss-reactive ketones (excluding diaryl/α,β-unsaturated/α-hetero) is 1. The molecule has 4 saturated carbocycles. The Labute approximate surface area is 152 Å². The van der Waals surface area contributed by atoms with E-state index in [1.165, 1.54) is 38.5 Å². The lowest BCUT2D eigenvalue weighted by Crippen LogP contribution is -2.54. The molecule has 0 radical (unpaired) electrons. The molecule has 4 aliphatic rings. The molecule has 25 heavy (non-hydrogen) atoms. The minimum absolute atomic E-state index is 0.148. The molecule has 3 nitrogen and oxygen atoms in total. The third kappa shape index (κ3) is 2.51. The zero-order valence-electron chi connectivity index (χ0n) is 16.1. The highest BCUT2D eigenvalue weighted by molar-refractivity contribution is 5.79. The molecular weight excluding hydrogens is 312 g/mol. The highest BCUT2D eigenvalue weighted by atomic mass is 16.5. The lowest BCUT2D eigenvalue weighted by molar-refractivity contribution is -0.152. The smallest absolute Gasteiger partial charge is 0.293 e. The van der Waals surface area contributed by atoms with E-state index in [4.69, 9.17) is 4.74 Å². The van der Waals surface area contributed by atoms with Gasteiger partial charge in [0, 0.05) is 5.92 Å². The first kappa shape index (κ1) is 17.5. The van der Waals surface area contributed by atoms with Gasteiger partial charge in [-0.3, -0.25) is 9.59 Å². The van der Waals surface area contributed by atoms with Gasteiger partial charge in [0.1, 0.15) is 11.9 Å². The van der Waals surface area contributed by atoms with Crippen molar-refractivity contribution in [1.82, 2.24) is 0 Å². The molecule has 0 bridgehead atoms. The van der Waals surface area contributed by atoms with Crippen molar-refractivity contribution in [3.63, 3.8) is 0 Å². The lowest BCUT2D eigenvalue weighted by Gasteiger charge is -2.61. The second-order valence-electron chi connectivity index (χ2n) is 10.1. The highest BCUT2D eigenvalue weighted by Crippen LogP contribution is 2.67. The van der Waals surface area contributed by atoms with E-state index in [1.54, 1.807) is 0 Å². The minimum Gasteiger partial charge on any atom is -0.465 e. The van der Waals surface area contributed by atoms with Gasteiger partial charge in [0.15, 0.2) is 0 Å². The third-order valence-corrected chi connectivity index (χ3v) is 9.36. The Balaban J connectivity index is 1.56. The van der Waals surface area contributed by atoms with Gasteiger partial charge in [0.2, 0.25) is 0 Å². The van der Waals surface area contributed by atoms with E-state index in [0.29, 0.717) is 29.5 Å². The molecule has 1 unspecified atom stereocenters. The summed E-state index contributed by atoms with van der Waals surface area (Å²) in [6.07, 6.45) is 11.0. The summed E-state index contributed by atoms with van der Waals surface area (Å²) in [6, 6.07) is 0. The minimum atomic E-state index is 0.148. The van der Waals surface area contributed by atoms with Crippen molar-refractivity contribution in [3.05, 3.63) is 0 Å². The van der Waals surface area contributed by atoms with Crippen LogP contribution in [0.4, 0.5) is 0 Å². The Morgan fingerprint density at radius 2 is 1.68 bits per heavy atom. The maximum Gasteiger partial charge on any atom is 0.293 e. The standard InChI is InChI=1S/C22H34O3/c1-14(24)18-6-7-19-17-5-4-15-12-16(25-13-23)8-10-21(15,2)20(17)9-11-22(18,19)3/h13,15-20H,4-12H2,1-3H3/t15?,16-,17-,18+,19-,20-,21-,22+/m0/s1. The zero-order chi connectivity index (χ0) is 17.8. The Morgan fingerprint density at radius 3 is 2.40 bits per heavy atom. The van der Waals surface area contributed by atoms with Crippen molar-refractivity contribution >= 4 is 12.3 Å². The van der Waals surface area contributed by atoms with E-state index in [2.05, 4.69) is 13.8 Å². The topological polar surface area (TPSA) is 43.4 Å². The van der Waals surface area contributed by atoms with Crippen LogP contribution < -0.4 is 0 Å². The van der Waals surface area contributed by atoms with Crippen molar-refractivity contribution in [2.45, 2.75) is 84.7 Å². The van der Waals surface area contributed by atoms with Crippen LogP contribution >= 0.6 is 0 Å². The maximum absolute atomic E-state index is 12.2. The van der Waals surface area contributed by atoms with Crippen LogP contribution in [0.3, 0.4) is 0 Å². The van der Waals surface area contributed by atoms with E-state index in [-0.39, 0.29) is 11.5 Å². The molecule has 0 aromatic carbocycles. The molecule has 3 heteroatoms. The number of carbonyl (C=O) groups is 2. The summed E-state index contributed by atoms with van der Waals surface area (Å²) in [5.41, 5.74) is 0.676. The normalized spacial score (nSPS) is 51.8. The van der Waals surface area contributed by atoms with Crippen LogP contribution in [-0.2, 0) is 14.3 Å². The van der Waals surface area contributed by atoms with Crippen molar-refractivity contribution in [1.29, 1.82) is 0 Å². The Bertz CT molecular complexity index is 557. The van der Waals surface area contributed by atoms with E-state index in [1.807, 2.05) is 6.92 Å². The predicted molar refractivity (Wildman–Crippen MR) is 96.8 cm³/mol. The van der Waals surface area contributed by atoms with Crippen molar-refractivity contribution in [3.8, 4) is 0 Å². The highest BCUT2D eigenvalue weighted by Gasteiger charge is 2.60. The van der Waals surface area contributed by atoms with Crippen LogP contribution in [0.2, 0.25) is 0 Å². The molecule has 8 atom stereocenters. The number of hydrogen-bond donors (Lipinski definition) is 0. The Kier molecular flexibility index (Phi) is 4.28. The second-order valence-corrected chi connectivity index (χ2v) is 10.1. The first-order valence-electron chi connectivity index (χ1n) is 10.5. The van der Waals surface area contributed by atoms with Gasteiger partial charge >= 0.3 is 0 Å². The molecule has 0 saturated heterocycles. The third-order valence-electron chi connectivity index (χ3n) is 9.36. The summed E-state index contributed by atoms with van der Waals surface area (Å²) in [6.45, 7) is 7.42. The lowest BCUT2D eigenvalue weighted by atomic mass is 9.44. The molecule has 0 aromatic heterocycles. The van der Waals surface area contributed by atoms with Crippen LogP contribution in [0.15, 0.2) is 0 Å². The van der Waals surface area contributed by atoms with E-state index in [0.717, 1.165) is 37.0 Å². The number of ether oxygens (including phenoxy) is 1. The summed E-state index contributed by atoms with van der Waals surface area (Å²) >= 11 is 0. The van der Waals surface area contributed by atoms with Gasteiger partial charge in [0.25, 0.3) is 6.47 Å². The zero-order valence-corrected chi connectivity index (χ0v) is 16.1. The molecular formula is C22H34O3. The first-order valence-corrected chi connectivity index (χ1v) is 10.5. The molecule has 0 heterocycles. The van der Waals surface area contributed by atoms with Gasteiger partial charge in [-0.1, -0.05) is 13.8 Å². The Hall–Kier alpha value is -0.860. The first-order chi connectivity index (χ1) is 11.9. The molecule has 0 amide bonds. The van der Waals surface area contributed by atoms with E-state index in [9.17, 15) is 9.59 Å². The second kappa shape index (κ2) is 6.09. The summed E-state index contributed by atoms with van der Waals surface area (Å²) in [4.78, 5) is 22.9. The van der Waals surface area contributed by atoms with Gasteiger partial charge < -0.3 is 4.74 Å². The van der Waals surface area contributed by atoms with Crippen molar-refractivity contribution in [2.24, 2.45) is 40.4 Å². The van der Waals surface area contributed by atoms with Crippen LogP contribution in [0, 0.1) is 40.4 Å². The molecule has 0 spiro atoms. The fraction of sp³-hybridized carbons (Fsp3) is 0.909. The predicted octanol–water partition coefficient (Wildman–Crippen LogP) is 4.78. The quantitative estimate of drug-likeness (QED) is 0.691. The summed E-state index contributed by atoms with van der Waals surface area (Å²) in [5, 5.41) is 0. The van der Waals surface area contributed by atoms with Crippen molar-refractivity contribution < 1.29 is 14.3 Å². The molecule has 4 aliphatic carbocycles. The van der Waals surface area contributed by atoms with Crippen LogP contribution in [0.5, 0.6) is 0 Å². The summed E-state index contributed by atoms with van der Waals surface area (Å²) < 4.78 is 5.32. The SMILES string of the molecule is CC(=O)[C@H]1CC[C@H]2[C@@H]3CCC4C[C@@H](OC=O)CC[C@]4(C)[C@H]3CC[C@]12C. The van der Waals surface area contributed by atoms with Gasteiger partial charge in [0.05, 0.1) is 0 Å². The molecule has 4 rings (SSSR count). The molecule has 140 valence electrons. The fourth-order valence-corrected chi connectivity index (χ4v) is 8.09. The maximum atomic E-state index is 12.2. The van der Waals surface area contributed by atoms with Gasteiger partial charge in [-0.15, -0.1) is 0 Å². The number of ketones is 1.